The lowest BCUT2D eigenvalue weighted by Gasteiger charge is -2.46. The number of nitrogens with zero attached hydrogens (tertiary/aromatic N) is 1. The standard InChI is InChI=1S/C13H21N3O5/c1-5-9-8(6(2)17)12(18)16(9)10(13(19)20)11(5)21-7(3-14)4-15/h5-9,17H,3-4,14-15H2,1-2H3,(H,19,20)/t5-,6-,8-,9+/m1/s1. The van der Waals surface area contributed by atoms with Gasteiger partial charge in [-0.3, -0.25) is 9.69 Å². The number of carbonyl (C=O) groups is 2. The van der Waals surface area contributed by atoms with Crippen molar-refractivity contribution in [1.29, 1.82) is 0 Å². The summed E-state index contributed by atoms with van der Waals surface area (Å²) in [4.78, 5) is 24.7. The van der Waals surface area contributed by atoms with Crippen molar-refractivity contribution in [2.45, 2.75) is 32.1 Å². The summed E-state index contributed by atoms with van der Waals surface area (Å²) in [7, 11) is 0. The Balaban J connectivity index is 2.34. The van der Waals surface area contributed by atoms with E-state index >= 15 is 0 Å². The molecule has 1 fully saturated rings. The lowest BCUT2D eigenvalue weighted by molar-refractivity contribution is -0.163. The minimum absolute atomic E-state index is 0.151. The number of nitrogens with two attached hydrogens (primary N) is 2. The number of aliphatic hydroxyl groups is 1. The summed E-state index contributed by atoms with van der Waals surface area (Å²) >= 11 is 0. The summed E-state index contributed by atoms with van der Waals surface area (Å²) in [5.74, 6) is -2.34. The van der Waals surface area contributed by atoms with E-state index in [1.807, 2.05) is 0 Å². The lowest BCUT2D eigenvalue weighted by atomic mass is 9.79. The summed E-state index contributed by atoms with van der Waals surface area (Å²) in [6.45, 7) is 3.60. The Labute approximate surface area is 122 Å². The zero-order valence-corrected chi connectivity index (χ0v) is 12.0. The number of carboxylic acid groups (broad SMARTS) is 1. The Morgan fingerprint density at radius 3 is 2.43 bits per heavy atom. The number of ether oxygens (including phenoxy) is 1. The first-order valence-corrected chi connectivity index (χ1v) is 6.90. The van der Waals surface area contributed by atoms with Crippen LogP contribution in [0.1, 0.15) is 13.8 Å². The second-order valence-electron chi connectivity index (χ2n) is 5.48. The van der Waals surface area contributed by atoms with E-state index in [0.29, 0.717) is 0 Å². The van der Waals surface area contributed by atoms with Gasteiger partial charge in [0.15, 0.2) is 5.70 Å². The van der Waals surface area contributed by atoms with Crippen LogP contribution in [0.4, 0.5) is 0 Å². The van der Waals surface area contributed by atoms with Crippen molar-refractivity contribution in [1.82, 2.24) is 4.90 Å². The molecule has 118 valence electrons. The molecule has 0 aromatic rings. The summed E-state index contributed by atoms with van der Waals surface area (Å²) in [5, 5.41) is 19.1. The van der Waals surface area contributed by atoms with Crippen LogP contribution < -0.4 is 11.5 Å². The van der Waals surface area contributed by atoms with E-state index in [9.17, 15) is 19.8 Å². The van der Waals surface area contributed by atoms with Gasteiger partial charge in [0.25, 0.3) is 0 Å². The quantitative estimate of drug-likeness (QED) is 0.435. The van der Waals surface area contributed by atoms with Crippen LogP contribution in [-0.4, -0.2) is 58.3 Å². The molecule has 0 aliphatic carbocycles. The average Bonchev–Trinajstić information content (AvgIpc) is 2.65. The number of aliphatic carboxylic acids is 1. The van der Waals surface area contributed by atoms with Gasteiger partial charge >= 0.3 is 5.97 Å². The predicted molar refractivity (Wildman–Crippen MR) is 72.6 cm³/mol. The third-order valence-electron chi connectivity index (χ3n) is 4.13. The molecule has 8 heteroatoms. The van der Waals surface area contributed by atoms with Crippen molar-refractivity contribution in [2.24, 2.45) is 23.3 Å². The second-order valence-corrected chi connectivity index (χ2v) is 5.48. The van der Waals surface area contributed by atoms with Gasteiger partial charge in [-0.25, -0.2) is 4.79 Å². The zero-order valence-electron chi connectivity index (χ0n) is 12.0. The minimum atomic E-state index is -1.23. The molecule has 0 saturated carbocycles. The number of hydrogen-bond acceptors (Lipinski definition) is 6. The first kappa shape index (κ1) is 15.7. The molecule has 0 aromatic carbocycles. The van der Waals surface area contributed by atoms with E-state index < -0.39 is 36.0 Å². The Hall–Kier alpha value is -1.64. The molecule has 0 unspecified atom stereocenters. The highest BCUT2D eigenvalue weighted by molar-refractivity contribution is 5.99. The van der Waals surface area contributed by atoms with Gasteiger partial charge in [-0.2, -0.15) is 0 Å². The fourth-order valence-corrected chi connectivity index (χ4v) is 3.05. The number of fused-ring (bicyclic) bond motifs is 1. The van der Waals surface area contributed by atoms with Gasteiger partial charge in [-0.05, 0) is 6.92 Å². The maximum Gasteiger partial charge on any atom is 0.356 e. The van der Waals surface area contributed by atoms with Crippen molar-refractivity contribution in [3.63, 3.8) is 0 Å². The van der Waals surface area contributed by atoms with Crippen LogP contribution in [0.3, 0.4) is 0 Å². The molecule has 0 aromatic heterocycles. The molecule has 1 saturated heterocycles. The fraction of sp³-hybridized carbons (Fsp3) is 0.692. The molecule has 6 N–H and O–H groups in total. The van der Waals surface area contributed by atoms with Crippen LogP contribution in [0.15, 0.2) is 11.5 Å². The van der Waals surface area contributed by atoms with Crippen molar-refractivity contribution in [3.05, 3.63) is 11.5 Å². The molecule has 2 aliphatic heterocycles. The molecule has 8 nitrogen and oxygen atoms in total. The first-order valence-electron chi connectivity index (χ1n) is 6.90. The summed E-state index contributed by atoms with van der Waals surface area (Å²) in [6, 6.07) is -0.394. The van der Waals surface area contributed by atoms with Crippen LogP contribution in [-0.2, 0) is 14.3 Å². The molecule has 0 spiro atoms. The third-order valence-corrected chi connectivity index (χ3v) is 4.13. The van der Waals surface area contributed by atoms with E-state index in [0.717, 1.165) is 0 Å². The van der Waals surface area contributed by atoms with Crippen molar-refractivity contribution >= 4 is 11.9 Å². The molecule has 0 bridgehead atoms. The van der Waals surface area contributed by atoms with E-state index in [1.165, 1.54) is 11.8 Å². The highest BCUT2D eigenvalue weighted by atomic mass is 16.5. The van der Waals surface area contributed by atoms with Gasteiger partial charge in [0.05, 0.1) is 18.1 Å². The van der Waals surface area contributed by atoms with Crippen LogP contribution in [0.5, 0.6) is 0 Å². The average molecular weight is 299 g/mol. The molecule has 2 heterocycles. The normalized spacial score (nSPS) is 29.5. The molecule has 1 amide bonds. The Kier molecular flexibility index (Phi) is 4.22. The summed E-state index contributed by atoms with van der Waals surface area (Å²) in [6.07, 6.45) is -1.34. The van der Waals surface area contributed by atoms with Crippen LogP contribution in [0.2, 0.25) is 0 Å². The largest absolute Gasteiger partial charge is 0.489 e. The SMILES string of the molecule is C[C@@H](O)[C@H]1C(=O)N2C(C(=O)O)=C(OC(CN)CN)[C@H](C)[C@@H]12. The number of aliphatic hydroxyl groups excluding tert-OH is 1. The Morgan fingerprint density at radius 2 is 2.00 bits per heavy atom. The molecule has 21 heavy (non-hydrogen) atoms. The number of carboxylic acids is 1. The van der Waals surface area contributed by atoms with Gasteiger partial charge in [0.1, 0.15) is 11.9 Å². The maximum atomic E-state index is 12.1. The zero-order chi connectivity index (χ0) is 15.9. The predicted octanol–water partition coefficient (Wildman–Crippen LogP) is -1.56. The number of carbonyl (C=O) groups excluding carboxylic acids is 1. The second kappa shape index (κ2) is 5.63. The van der Waals surface area contributed by atoms with Crippen molar-refractivity contribution in [3.8, 4) is 0 Å². The molecular weight excluding hydrogens is 278 g/mol. The minimum Gasteiger partial charge on any atom is -0.489 e. The van der Waals surface area contributed by atoms with Crippen LogP contribution >= 0.6 is 0 Å². The molecule has 2 rings (SSSR count). The summed E-state index contributed by atoms with van der Waals surface area (Å²) < 4.78 is 5.63. The Bertz CT molecular complexity index is 486. The van der Waals surface area contributed by atoms with Gasteiger partial charge in [0.2, 0.25) is 5.91 Å². The van der Waals surface area contributed by atoms with Crippen molar-refractivity contribution < 1.29 is 24.5 Å². The first-order chi connectivity index (χ1) is 9.84. The number of amides is 1. The highest BCUT2D eigenvalue weighted by Crippen LogP contribution is 2.47. The summed E-state index contributed by atoms with van der Waals surface area (Å²) in [5.41, 5.74) is 10.9. The monoisotopic (exact) mass is 299 g/mol. The van der Waals surface area contributed by atoms with E-state index in [1.54, 1.807) is 6.92 Å². The third kappa shape index (κ3) is 2.29. The number of rotatable bonds is 6. The van der Waals surface area contributed by atoms with E-state index in [2.05, 4.69) is 0 Å². The van der Waals surface area contributed by atoms with Gasteiger partial charge in [0, 0.05) is 19.0 Å². The van der Waals surface area contributed by atoms with E-state index in [-0.39, 0.29) is 30.5 Å². The number of hydrogen-bond donors (Lipinski definition) is 4. The lowest BCUT2D eigenvalue weighted by Crippen LogP contribution is -2.63. The van der Waals surface area contributed by atoms with Crippen LogP contribution in [0, 0.1) is 11.8 Å². The molecule has 0 radical (unpaired) electrons. The van der Waals surface area contributed by atoms with Gasteiger partial charge in [-0.15, -0.1) is 0 Å². The maximum absolute atomic E-state index is 12.1. The smallest absolute Gasteiger partial charge is 0.356 e. The fourth-order valence-electron chi connectivity index (χ4n) is 3.05. The Morgan fingerprint density at radius 1 is 1.43 bits per heavy atom. The molecule has 2 aliphatic rings. The molecular formula is C13H21N3O5. The van der Waals surface area contributed by atoms with Crippen LogP contribution in [0.25, 0.3) is 0 Å². The van der Waals surface area contributed by atoms with E-state index in [4.69, 9.17) is 16.2 Å². The number of β-lactam (4-membered cyclic amide) rings is 1. The van der Waals surface area contributed by atoms with Gasteiger partial charge < -0.3 is 26.4 Å². The van der Waals surface area contributed by atoms with Gasteiger partial charge in [-0.1, -0.05) is 6.92 Å². The topological polar surface area (TPSA) is 139 Å². The molecule has 4 atom stereocenters. The van der Waals surface area contributed by atoms with Crippen molar-refractivity contribution in [2.75, 3.05) is 13.1 Å². The highest BCUT2D eigenvalue weighted by Gasteiger charge is 2.60.